The van der Waals surface area contributed by atoms with Crippen molar-refractivity contribution in [2.75, 3.05) is 6.54 Å². The molecule has 1 saturated carbocycles. The third-order valence-corrected chi connectivity index (χ3v) is 2.15. The average molecular weight is 200 g/mol. The SMILES string of the molecule is CC(C)(C)OC(=O)N[C@H](CN)C1CC1. The van der Waals surface area contributed by atoms with Crippen LogP contribution >= 0.6 is 0 Å². The van der Waals surface area contributed by atoms with Crippen LogP contribution in [0.2, 0.25) is 0 Å². The number of hydrogen-bond acceptors (Lipinski definition) is 3. The van der Waals surface area contributed by atoms with Crippen LogP contribution in [-0.4, -0.2) is 24.3 Å². The number of carbonyl (C=O) groups excluding carboxylic acids is 1. The largest absolute Gasteiger partial charge is 0.444 e. The summed E-state index contributed by atoms with van der Waals surface area (Å²) in [5.41, 5.74) is 5.12. The number of carbonyl (C=O) groups is 1. The monoisotopic (exact) mass is 200 g/mol. The number of hydrogen-bond donors (Lipinski definition) is 2. The zero-order valence-electron chi connectivity index (χ0n) is 9.17. The first-order valence-corrected chi connectivity index (χ1v) is 5.12. The van der Waals surface area contributed by atoms with Crippen molar-refractivity contribution >= 4 is 6.09 Å². The Bertz CT molecular complexity index is 207. The first kappa shape index (κ1) is 11.3. The topological polar surface area (TPSA) is 64.3 Å². The standard InChI is InChI=1S/C10H20N2O2/c1-10(2,3)14-9(13)12-8(6-11)7-4-5-7/h7-8H,4-6,11H2,1-3H3,(H,12,13)/t8-/m1/s1. The maximum Gasteiger partial charge on any atom is 0.407 e. The summed E-state index contributed by atoms with van der Waals surface area (Å²) >= 11 is 0. The minimum atomic E-state index is -0.438. The Balaban J connectivity index is 2.31. The summed E-state index contributed by atoms with van der Waals surface area (Å²) < 4.78 is 5.14. The molecule has 0 aromatic carbocycles. The van der Waals surface area contributed by atoms with Crippen LogP contribution in [0.1, 0.15) is 33.6 Å². The molecule has 1 atom stereocenters. The number of rotatable bonds is 3. The average Bonchev–Trinajstić information content (AvgIpc) is 2.78. The molecule has 82 valence electrons. The Labute approximate surface area is 85.2 Å². The zero-order valence-corrected chi connectivity index (χ0v) is 9.17. The third kappa shape index (κ3) is 3.96. The highest BCUT2D eigenvalue weighted by molar-refractivity contribution is 5.68. The highest BCUT2D eigenvalue weighted by Crippen LogP contribution is 2.32. The van der Waals surface area contributed by atoms with Gasteiger partial charge in [-0.15, -0.1) is 0 Å². The molecular weight excluding hydrogens is 180 g/mol. The van der Waals surface area contributed by atoms with Crippen molar-refractivity contribution in [2.45, 2.75) is 45.3 Å². The van der Waals surface area contributed by atoms with Crippen LogP contribution < -0.4 is 11.1 Å². The fraction of sp³-hybridized carbons (Fsp3) is 0.900. The molecule has 0 bridgehead atoms. The van der Waals surface area contributed by atoms with Crippen LogP contribution in [0.5, 0.6) is 0 Å². The van der Waals surface area contributed by atoms with E-state index < -0.39 is 5.60 Å². The number of alkyl carbamates (subject to hydrolysis) is 1. The van der Waals surface area contributed by atoms with Crippen LogP contribution in [0.3, 0.4) is 0 Å². The molecule has 0 heterocycles. The van der Waals surface area contributed by atoms with Gasteiger partial charge in [0.2, 0.25) is 0 Å². The second-order valence-electron chi connectivity index (χ2n) is 4.83. The number of nitrogens with two attached hydrogens (primary N) is 1. The Kier molecular flexibility index (Phi) is 3.37. The smallest absolute Gasteiger partial charge is 0.407 e. The van der Waals surface area contributed by atoms with Crippen molar-refractivity contribution in [3.63, 3.8) is 0 Å². The van der Waals surface area contributed by atoms with Crippen LogP contribution in [0.25, 0.3) is 0 Å². The van der Waals surface area contributed by atoms with E-state index in [0.29, 0.717) is 12.5 Å². The van der Waals surface area contributed by atoms with Gasteiger partial charge in [0.25, 0.3) is 0 Å². The summed E-state index contributed by atoms with van der Waals surface area (Å²) in [5.74, 6) is 0.563. The van der Waals surface area contributed by atoms with E-state index >= 15 is 0 Å². The number of amides is 1. The minimum absolute atomic E-state index is 0.0878. The lowest BCUT2D eigenvalue weighted by Crippen LogP contribution is -2.44. The normalized spacial score (nSPS) is 18.9. The fourth-order valence-electron chi connectivity index (χ4n) is 1.33. The predicted molar refractivity (Wildman–Crippen MR) is 54.9 cm³/mol. The van der Waals surface area contributed by atoms with Gasteiger partial charge in [-0.25, -0.2) is 4.79 Å². The van der Waals surface area contributed by atoms with Crippen molar-refractivity contribution < 1.29 is 9.53 Å². The molecule has 4 heteroatoms. The highest BCUT2D eigenvalue weighted by atomic mass is 16.6. The molecule has 1 amide bonds. The molecule has 0 unspecified atom stereocenters. The molecule has 0 radical (unpaired) electrons. The molecule has 0 aliphatic heterocycles. The van der Waals surface area contributed by atoms with E-state index in [9.17, 15) is 4.79 Å². The molecule has 3 N–H and O–H groups in total. The van der Waals surface area contributed by atoms with E-state index in [1.807, 2.05) is 20.8 Å². The molecule has 0 aromatic rings. The number of nitrogens with one attached hydrogen (secondary N) is 1. The first-order valence-electron chi connectivity index (χ1n) is 5.12. The molecule has 1 rings (SSSR count). The fourth-order valence-corrected chi connectivity index (χ4v) is 1.33. The predicted octanol–water partition coefficient (Wildman–Crippen LogP) is 1.25. The van der Waals surface area contributed by atoms with Gasteiger partial charge in [-0.2, -0.15) is 0 Å². The van der Waals surface area contributed by atoms with Crippen molar-refractivity contribution in [1.82, 2.24) is 5.32 Å². The van der Waals surface area contributed by atoms with Gasteiger partial charge >= 0.3 is 6.09 Å². The first-order chi connectivity index (χ1) is 6.42. The lowest BCUT2D eigenvalue weighted by molar-refractivity contribution is 0.0500. The molecule has 1 fully saturated rings. The Morgan fingerprint density at radius 3 is 2.50 bits per heavy atom. The van der Waals surface area contributed by atoms with Gasteiger partial charge < -0.3 is 15.8 Å². The van der Waals surface area contributed by atoms with E-state index in [2.05, 4.69) is 5.32 Å². The maximum atomic E-state index is 11.4. The van der Waals surface area contributed by atoms with Gasteiger partial charge in [-0.05, 0) is 39.5 Å². The Morgan fingerprint density at radius 2 is 2.14 bits per heavy atom. The second kappa shape index (κ2) is 4.17. The zero-order chi connectivity index (χ0) is 10.8. The van der Waals surface area contributed by atoms with Crippen LogP contribution in [0.4, 0.5) is 4.79 Å². The molecule has 1 aliphatic carbocycles. The molecule has 14 heavy (non-hydrogen) atoms. The van der Waals surface area contributed by atoms with Crippen LogP contribution in [0.15, 0.2) is 0 Å². The summed E-state index contributed by atoms with van der Waals surface area (Å²) in [6.07, 6.45) is 1.97. The van der Waals surface area contributed by atoms with Crippen molar-refractivity contribution in [1.29, 1.82) is 0 Å². The molecule has 0 spiro atoms. The van der Waals surface area contributed by atoms with Gasteiger partial charge in [-0.3, -0.25) is 0 Å². The third-order valence-electron chi connectivity index (χ3n) is 2.15. The Morgan fingerprint density at radius 1 is 1.57 bits per heavy atom. The van der Waals surface area contributed by atoms with E-state index in [1.165, 1.54) is 0 Å². The van der Waals surface area contributed by atoms with Gasteiger partial charge in [0.05, 0.1) is 0 Å². The van der Waals surface area contributed by atoms with Crippen LogP contribution in [0, 0.1) is 5.92 Å². The molecule has 4 nitrogen and oxygen atoms in total. The molecule has 0 saturated heterocycles. The summed E-state index contributed by atoms with van der Waals surface area (Å²) in [5, 5.41) is 2.80. The molecule has 0 aromatic heterocycles. The summed E-state index contributed by atoms with van der Waals surface area (Å²) in [6, 6.07) is 0.0878. The van der Waals surface area contributed by atoms with E-state index in [-0.39, 0.29) is 12.1 Å². The molecule has 1 aliphatic rings. The number of ether oxygens (including phenoxy) is 1. The van der Waals surface area contributed by atoms with Crippen molar-refractivity contribution in [3.05, 3.63) is 0 Å². The van der Waals surface area contributed by atoms with Gasteiger partial charge in [0.15, 0.2) is 0 Å². The van der Waals surface area contributed by atoms with Crippen molar-refractivity contribution in [2.24, 2.45) is 11.7 Å². The quantitative estimate of drug-likeness (QED) is 0.720. The van der Waals surface area contributed by atoms with E-state index in [4.69, 9.17) is 10.5 Å². The summed E-state index contributed by atoms with van der Waals surface area (Å²) in [7, 11) is 0. The van der Waals surface area contributed by atoms with E-state index in [0.717, 1.165) is 12.8 Å². The van der Waals surface area contributed by atoms with Gasteiger partial charge in [0.1, 0.15) is 5.60 Å². The Hall–Kier alpha value is -0.770. The van der Waals surface area contributed by atoms with E-state index in [1.54, 1.807) is 0 Å². The summed E-state index contributed by atoms with van der Waals surface area (Å²) in [6.45, 7) is 6.04. The van der Waals surface area contributed by atoms with Crippen molar-refractivity contribution in [3.8, 4) is 0 Å². The second-order valence-corrected chi connectivity index (χ2v) is 4.83. The maximum absolute atomic E-state index is 11.4. The lowest BCUT2D eigenvalue weighted by atomic mass is 10.2. The lowest BCUT2D eigenvalue weighted by Gasteiger charge is -2.22. The highest BCUT2D eigenvalue weighted by Gasteiger charge is 2.32. The van der Waals surface area contributed by atoms with Crippen LogP contribution in [-0.2, 0) is 4.74 Å². The van der Waals surface area contributed by atoms with Gasteiger partial charge in [0, 0.05) is 12.6 Å². The summed E-state index contributed by atoms with van der Waals surface area (Å²) in [4.78, 5) is 11.4. The minimum Gasteiger partial charge on any atom is -0.444 e. The van der Waals surface area contributed by atoms with Gasteiger partial charge in [-0.1, -0.05) is 0 Å². The molecular formula is C10H20N2O2.